The highest BCUT2D eigenvalue weighted by Crippen LogP contribution is 2.13. The minimum absolute atomic E-state index is 0.442. The minimum Gasteiger partial charge on any atom is -0.475 e. The molecule has 6 nitrogen and oxygen atoms in total. The normalized spacial score (nSPS) is 10.2. The topological polar surface area (TPSA) is 98.2 Å². The summed E-state index contributed by atoms with van der Waals surface area (Å²) in [7, 11) is 1.73. The lowest BCUT2D eigenvalue weighted by molar-refractivity contribution is -0.192. The van der Waals surface area contributed by atoms with Crippen LogP contribution in [0.2, 0.25) is 0 Å². The van der Waals surface area contributed by atoms with Crippen LogP contribution in [-0.2, 0) is 11.8 Å². The molecule has 0 aliphatic carbocycles. The van der Waals surface area contributed by atoms with E-state index in [1.807, 2.05) is 0 Å². The Morgan fingerprint density at radius 3 is 2.06 bits per heavy atom. The molecule has 16 heavy (non-hydrogen) atoms. The lowest BCUT2D eigenvalue weighted by Crippen LogP contribution is -2.21. The maximum atomic E-state index is 10.6. The van der Waals surface area contributed by atoms with Crippen molar-refractivity contribution in [2.45, 2.75) is 6.18 Å². The number of hydrogen-bond donors (Lipinski definition) is 2. The molecule has 1 heterocycles. The fourth-order valence-electron chi connectivity index (χ4n) is 0.548. The summed E-state index contributed by atoms with van der Waals surface area (Å²) in [5.74, 6) is -3.20. The Hall–Kier alpha value is -2.06. The fraction of sp³-hybridized carbons (Fsp3) is 0.286. The van der Waals surface area contributed by atoms with Crippen LogP contribution in [0.5, 0.6) is 0 Å². The van der Waals surface area contributed by atoms with Gasteiger partial charge in [0.15, 0.2) is 0 Å². The van der Waals surface area contributed by atoms with Crippen LogP contribution in [-0.4, -0.2) is 32.9 Å². The number of hydrogen-bond acceptors (Lipinski definition) is 3. The third-order valence-corrected chi connectivity index (χ3v) is 1.23. The molecule has 0 atom stereocenters. The van der Waals surface area contributed by atoms with Crippen LogP contribution >= 0.6 is 0 Å². The van der Waals surface area contributed by atoms with Crippen LogP contribution in [0.15, 0.2) is 12.4 Å². The number of carboxylic acids is 1. The molecule has 3 N–H and O–H groups in total. The fourth-order valence-corrected chi connectivity index (χ4v) is 0.548. The molecule has 1 aromatic rings. The van der Waals surface area contributed by atoms with Gasteiger partial charge in [0, 0.05) is 13.2 Å². The van der Waals surface area contributed by atoms with E-state index in [9.17, 15) is 18.0 Å². The van der Waals surface area contributed by atoms with E-state index in [1.165, 1.54) is 10.9 Å². The van der Waals surface area contributed by atoms with Gasteiger partial charge in [-0.05, 0) is 0 Å². The number of carbonyl (C=O) groups excluding carboxylic acids is 1. The van der Waals surface area contributed by atoms with E-state index in [0.29, 0.717) is 5.56 Å². The van der Waals surface area contributed by atoms with Gasteiger partial charge in [0.05, 0.1) is 11.8 Å². The number of aromatic nitrogens is 2. The Balaban J connectivity index is 0.000000293. The van der Waals surface area contributed by atoms with Crippen molar-refractivity contribution in [3.05, 3.63) is 18.0 Å². The number of aliphatic carboxylic acids is 1. The van der Waals surface area contributed by atoms with Crippen LogP contribution in [0.1, 0.15) is 10.4 Å². The van der Waals surface area contributed by atoms with E-state index in [4.69, 9.17) is 15.6 Å². The van der Waals surface area contributed by atoms with Crippen molar-refractivity contribution in [3.8, 4) is 0 Å². The van der Waals surface area contributed by atoms with Crippen molar-refractivity contribution in [1.29, 1.82) is 0 Å². The van der Waals surface area contributed by atoms with Crippen LogP contribution in [0, 0.1) is 0 Å². The number of amides is 1. The van der Waals surface area contributed by atoms with Gasteiger partial charge in [-0.3, -0.25) is 9.48 Å². The molecule has 0 bridgehead atoms. The Kier molecular flexibility index (Phi) is 4.48. The lowest BCUT2D eigenvalue weighted by Gasteiger charge is -1.93. The largest absolute Gasteiger partial charge is 0.490 e. The lowest BCUT2D eigenvalue weighted by atomic mass is 10.4. The Labute approximate surface area is 87.5 Å². The highest BCUT2D eigenvalue weighted by Gasteiger charge is 2.38. The van der Waals surface area contributed by atoms with Gasteiger partial charge in [-0.25, -0.2) is 4.79 Å². The molecule has 0 saturated heterocycles. The third-order valence-electron chi connectivity index (χ3n) is 1.23. The van der Waals surface area contributed by atoms with Crippen LogP contribution < -0.4 is 5.73 Å². The molecule has 0 unspecified atom stereocenters. The number of alkyl halides is 3. The van der Waals surface area contributed by atoms with Crippen molar-refractivity contribution >= 4 is 11.9 Å². The number of halogens is 3. The molecule has 0 radical (unpaired) electrons. The van der Waals surface area contributed by atoms with E-state index < -0.39 is 18.1 Å². The van der Waals surface area contributed by atoms with E-state index in [2.05, 4.69) is 5.10 Å². The SMILES string of the molecule is Cn1cc(C(N)=O)cn1.O=C(O)C(F)(F)F. The predicted octanol–water partition coefficient (Wildman–Crippen LogP) is 0.152. The quantitative estimate of drug-likeness (QED) is 0.728. The molecule has 1 aromatic heterocycles. The number of rotatable bonds is 1. The van der Waals surface area contributed by atoms with Gasteiger partial charge in [-0.2, -0.15) is 18.3 Å². The third kappa shape index (κ3) is 4.98. The van der Waals surface area contributed by atoms with E-state index in [0.717, 1.165) is 0 Å². The number of nitrogens with zero attached hydrogens (tertiary/aromatic N) is 2. The highest BCUT2D eigenvalue weighted by molar-refractivity contribution is 5.92. The predicted molar refractivity (Wildman–Crippen MR) is 45.4 cm³/mol. The van der Waals surface area contributed by atoms with Gasteiger partial charge in [0.2, 0.25) is 0 Å². The van der Waals surface area contributed by atoms with Crippen molar-refractivity contribution in [3.63, 3.8) is 0 Å². The van der Waals surface area contributed by atoms with Crippen LogP contribution in [0.3, 0.4) is 0 Å². The van der Waals surface area contributed by atoms with Gasteiger partial charge in [0.25, 0.3) is 5.91 Å². The molecular weight excluding hydrogens is 231 g/mol. The zero-order chi connectivity index (χ0) is 12.9. The first-order valence-electron chi connectivity index (χ1n) is 3.73. The minimum atomic E-state index is -5.08. The Bertz CT molecular complexity index is 386. The molecule has 0 aliphatic heterocycles. The van der Waals surface area contributed by atoms with Crippen molar-refractivity contribution in [2.75, 3.05) is 0 Å². The van der Waals surface area contributed by atoms with Gasteiger partial charge < -0.3 is 10.8 Å². The number of carboxylic acid groups (broad SMARTS) is 1. The molecule has 0 aliphatic rings. The number of primary amides is 1. The number of carbonyl (C=O) groups is 2. The van der Waals surface area contributed by atoms with Crippen molar-refractivity contribution < 1.29 is 27.9 Å². The first kappa shape index (κ1) is 13.9. The average Bonchev–Trinajstić information content (AvgIpc) is 2.51. The second-order valence-electron chi connectivity index (χ2n) is 2.57. The standard InChI is InChI=1S/C5H7N3O.C2HF3O2/c1-8-3-4(2-7-8)5(6)9;3-2(4,5)1(6)7/h2-3H,1H3,(H2,6,9);(H,6,7). The first-order chi connectivity index (χ1) is 7.14. The summed E-state index contributed by atoms with van der Waals surface area (Å²) in [6.45, 7) is 0. The molecule has 90 valence electrons. The molecule has 0 spiro atoms. The summed E-state index contributed by atoms with van der Waals surface area (Å²) in [5.41, 5.74) is 5.38. The molecule has 1 amide bonds. The maximum Gasteiger partial charge on any atom is 0.490 e. The molecule has 0 fully saturated rings. The van der Waals surface area contributed by atoms with Crippen LogP contribution in [0.4, 0.5) is 13.2 Å². The maximum absolute atomic E-state index is 10.6. The zero-order valence-corrected chi connectivity index (χ0v) is 8.02. The number of aryl methyl sites for hydroxylation is 1. The zero-order valence-electron chi connectivity index (χ0n) is 8.02. The average molecular weight is 239 g/mol. The van der Waals surface area contributed by atoms with Crippen molar-refractivity contribution in [1.82, 2.24) is 9.78 Å². The van der Waals surface area contributed by atoms with E-state index >= 15 is 0 Å². The summed E-state index contributed by atoms with van der Waals surface area (Å²) >= 11 is 0. The monoisotopic (exact) mass is 239 g/mol. The van der Waals surface area contributed by atoms with Gasteiger partial charge >= 0.3 is 12.1 Å². The van der Waals surface area contributed by atoms with Crippen LogP contribution in [0.25, 0.3) is 0 Å². The van der Waals surface area contributed by atoms with Gasteiger partial charge in [-0.1, -0.05) is 0 Å². The first-order valence-corrected chi connectivity index (χ1v) is 3.73. The molecule has 9 heteroatoms. The Morgan fingerprint density at radius 2 is 1.94 bits per heavy atom. The molecule has 0 saturated carbocycles. The van der Waals surface area contributed by atoms with E-state index in [-0.39, 0.29) is 0 Å². The molecular formula is C7H8F3N3O3. The summed E-state index contributed by atoms with van der Waals surface area (Å²) in [6.07, 6.45) is -2.08. The second kappa shape index (κ2) is 5.14. The summed E-state index contributed by atoms with van der Waals surface area (Å²) in [6, 6.07) is 0. The molecule has 1 rings (SSSR count). The van der Waals surface area contributed by atoms with Gasteiger partial charge in [-0.15, -0.1) is 0 Å². The highest BCUT2D eigenvalue weighted by atomic mass is 19.4. The summed E-state index contributed by atoms with van der Waals surface area (Å²) in [4.78, 5) is 19.3. The molecule has 0 aromatic carbocycles. The summed E-state index contributed by atoms with van der Waals surface area (Å²) < 4.78 is 33.3. The van der Waals surface area contributed by atoms with Crippen molar-refractivity contribution in [2.24, 2.45) is 12.8 Å². The smallest absolute Gasteiger partial charge is 0.475 e. The number of nitrogens with two attached hydrogens (primary N) is 1. The second-order valence-corrected chi connectivity index (χ2v) is 2.57. The Morgan fingerprint density at radius 1 is 1.50 bits per heavy atom. The summed E-state index contributed by atoms with van der Waals surface area (Å²) in [5, 5.41) is 10.9. The van der Waals surface area contributed by atoms with Gasteiger partial charge in [0.1, 0.15) is 0 Å². The van der Waals surface area contributed by atoms with E-state index in [1.54, 1.807) is 13.2 Å².